The SMILES string of the molecule is N#Cc1cc([N+](=O)[O-])ccc1N1CCCC(c2nc(-c3cccc(F)c3)no2)C1. The Bertz CT molecular complexity index is 1110. The summed E-state index contributed by atoms with van der Waals surface area (Å²) >= 11 is 0. The molecule has 1 aliphatic rings. The molecule has 0 spiro atoms. The standard InChI is InChI=1S/C20H16FN5O3/c21-16-5-1-3-13(9-16)19-23-20(29-24-19)14-4-2-8-25(12-14)18-7-6-17(26(27)28)10-15(18)11-22/h1,3,5-7,9-10,14H,2,4,8,12H2. The lowest BCUT2D eigenvalue weighted by atomic mass is 9.96. The molecule has 0 amide bonds. The van der Waals surface area contributed by atoms with Gasteiger partial charge in [-0.15, -0.1) is 0 Å². The van der Waals surface area contributed by atoms with Crippen LogP contribution in [0, 0.1) is 27.3 Å². The zero-order chi connectivity index (χ0) is 20.4. The first kappa shape index (κ1) is 18.6. The van der Waals surface area contributed by atoms with Crippen molar-refractivity contribution in [3.63, 3.8) is 0 Å². The van der Waals surface area contributed by atoms with Gasteiger partial charge in [0.15, 0.2) is 0 Å². The Morgan fingerprint density at radius 1 is 1.31 bits per heavy atom. The third kappa shape index (κ3) is 3.78. The van der Waals surface area contributed by atoms with Crippen LogP contribution >= 0.6 is 0 Å². The normalized spacial score (nSPS) is 16.4. The van der Waals surface area contributed by atoms with Gasteiger partial charge in [-0.25, -0.2) is 4.39 Å². The molecule has 0 N–H and O–H groups in total. The van der Waals surface area contributed by atoms with Gasteiger partial charge in [-0.2, -0.15) is 10.2 Å². The number of nitriles is 1. The summed E-state index contributed by atoms with van der Waals surface area (Å²) in [6, 6.07) is 12.3. The second-order valence-corrected chi connectivity index (χ2v) is 6.82. The van der Waals surface area contributed by atoms with E-state index in [0.29, 0.717) is 36.1 Å². The maximum Gasteiger partial charge on any atom is 0.270 e. The monoisotopic (exact) mass is 393 g/mol. The van der Waals surface area contributed by atoms with Crippen LogP contribution in [0.15, 0.2) is 47.0 Å². The van der Waals surface area contributed by atoms with Crippen LogP contribution in [0.3, 0.4) is 0 Å². The second kappa shape index (κ2) is 7.67. The smallest absolute Gasteiger partial charge is 0.270 e. The first-order valence-electron chi connectivity index (χ1n) is 9.08. The highest BCUT2D eigenvalue weighted by Crippen LogP contribution is 2.33. The van der Waals surface area contributed by atoms with E-state index in [1.54, 1.807) is 18.2 Å². The Morgan fingerprint density at radius 3 is 2.93 bits per heavy atom. The summed E-state index contributed by atoms with van der Waals surface area (Å²) < 4.78 is 18.9. The minimum atomic E-state index is -0.518. The van der Waals surface area contributed by atoms with Gasteiger partial charge in [-0.1, -0.05) is 17.3 Å². The number of nitro groups is 1. The first-order chi connectivity index (χ1) is 14.0. The lowest BCUT2D eigenvalue weighted by Crippen LogP contribution is -2.35. The fraction of sp³-hybridized carbons (Fsp3) is 0.250. The van der Waals surface area contributed by atoms with Crippen LogP contribution in [0.1, 0.15) is 30.2 Å². The van der Waals surface area contributed by atoms with Crippen molar-refractivity contribution in [2.24, 2.45) is 0 Å². The number of benzene rings is 2. The molecule has 146 valence electrons. The van der Waals surface area contributed by atoms with E-state index in [2.05, 4.69) is 10.1 Å². The molecule has 3 aromatic rings. The van der Waals surface area contributed by atoms with Crippen molar-refractivity contribution < 1.29 is 13.8 Å². The number of non-ortho nitro benzene ring substituents is 1. The number of hydrogen-bond acceptors (Lipinski definition) is 7. The van der Waals surface area contributed by atoms with Gasteiger partial charge in [-0.05, 0) is 31.0 Å². The fourth-order valence-electron chi connectivity index (χ4n) is 3.55. The molecule has 1 saturated heterocycles. The molecule has 0 aliphatic carbocycles. The average Bonchev–Trinajstić information content (AvgIpc) is 3.24. The van der Waals surface area contributed by atoms with E-state index in [0.717, 1.165) is 12.8 Å². The predicted molar refractivity (Wildman–Crippen MR) is 102 cm³/mol. The Morgan fingerprint density at radius 2 is 2.17 bits per heavy atom. The molecule has 2 heterocycles. The van der Waals surface area contributed by atoms with Gasteiger partial charge >= 0.3 is 0 Å². The van der Waals surface area contributed by atoms with E-state index in [-0.39, 0.29) is 23.0 Å². The number of halogens is 1. The van der Waals surface area contributed by atoms with Crippen molar-refractivity contribution in [3.05, 3.63) is 69.9 Å². The quantitative estimate of drug-likeness (QED) is 0.486. The van der Waals surface area contributed by atoms with Crippen LogP contribution in [0.2, 0.25) is 0 Å². The number of rotatable bonds is 4. The highest BCUT2D eigenvalue weighted by Gasteiger charge is 2.28. The van der Waals surface area contributed by atoms with Crippen molar-refractivity contribution in [1.29, 1.82) is 5.26 Å². The minimum Gasteiger partial charge on any atom is -0.370 e. The van der Waals surface area contributed by atoms with Crippen molar-refractivity contribution in [2.45, 2.75) is 18.8 Å². The lowest BCUT2D eigenvalue weighted by molar-refractivity contribution is -0.384. The van der Waals surface area contributed by atoms with Crippen molar-refractivity contribution >= 4 is 11.4 Å². The van der Waals surface area contributed by atoms with Crippen LogP contribution in [-0.2, 0) is 0 Å². The van der Waals surface area contributed by atoms with Gasteiger partial charge < -0.3 is 9.42 Å². The molecule has 2 aromatic carbocycles. The third-order valence-corrected chi connectivity index (χ3v) is 4.95. The topological polar surface area (TPSA) is 109 Å². The Labute approximate surface area is 165 Å². The van der Waals surface area contributed by atoms with Gasteiger partial charge in [0.2, 0.25) is 11.7 Å². The van der Waals surface area contributed by atoms with Crippen LogP contribution in [0.4, 0.5) is 15.8 Å². The van der Waals surface area contributed by atoms with Gasteiger partial charge in [0.25, 0.3) is 5.69 Å². The summed E-state index contributed by atoms with van der Waals surface area (Å²) in [5.41, 5.74) is 1.32. The predicted octanol–water partition coefficient (Wildman–Crippen LogP) is 4.04. The largest absolute Gasteiger partial charge is 0.370 e. The highest BCUT2D eigenvalue weighted by atomic mass is 19.1. The molecule has 9 heteroatoms. The number of nitrogens with zero attached hydrogens (tertiary/aromatic N) is 5. The second-order valence-electron chi connectivity index (χ2n) is 6.82. The number of anilines is 1. The van der Waals surface area contributed by atoms with E-state index < -0.39 is 4.92 Å². The summed E-state index contributed by atoms with van der Waals surface area (Å²) in [5, 5.41) is 24.4. The van der Waals surface area contributed by atoms with E-state index in [1.807, 2.05) is 11.0 Å². The fourth-order valence-corrected chi connectivity index (χ4v) is 3.55. The highest BCUT2D eigenvalue weighted by molar-refractivity contribution is 5.63. The molecule has 0 saturated carbocycles. The molecule has 1 fully saturated rings. The van der Waals surface area contributed by atoms with Crippen LogP contribution in [0.25, 0.3) is 11.4 Å². The molecular formula is C20H16FN5O3. The van der Waals surface area contributed by atoms with Gasteiger partial charge in [0, 0.05) is 30.8 Å². The third-order valence-electron chi connectivity index (χ3n) is 4.95. The van der Waals surface area contributed by atoms with Crippen LogP contribution in [-0.4, -0.2) is 28.2 Å². The Hall–Kier alpha value is -3.80. The molecule has 1 aliphatic heterocycles. The molecule has 1 unspecified atom stereocenters. The molecule has 29 heavy (non-hydrogen) atoms. The zero-order valence-electron chi connectivity index (χ0n) is 15.3. The Balaban J connectivity index is 1.57. The minimum absolute atomic E-state index is 0.0553. The first-order valence-corrected chi connectivity index (χ1v) is 9.08. The van der Waals surface area contributed by atoms with Crippen LogP contribution < -0.4 is 4.90 Å². The average molecular weight is 393 g/mol. The van der Waals surface area contributed by atoms with Crippen LogP contribution in [0.5, 0.6) is 0 Å². The number of hydrogen-bond donors (Lipinski definition) is 0. The van der Waals surface area contributed by atoms with Gasteiger partial charge in [0.05, 0.1) is 22.1 Å². The van der Waals surface area contributed by atoms with E-state index in [1.165, 1.54) is 24.3 Å². The molecule has 4 rings (SSSR count). The molecule has 1 atom stereocenters. The summed E-state index contributed by atoms with van der Waals surface area (Å²) in [6.45, 7) is 1.26. The molecule has 0 bridgehead atoms. The van der Waals surface area contributed by atoms with Crippen molar-refractivity contribution in [2.75, 3.05) is 18.0 Å². The summed E-state index contributed by atoms with van der Waals surface area (Å²) in [6.07, 6.45) is 1.67. The van der Waals surface area contributed by atoms with Crippen molar-refractivity contribution in [1.82, 2.24) is 10.1 Å². The lowest BCUT2D eigenvalue weighted by Gasteiger charge is -2.33. The van der Waals surface area contributed by atoms with E-state index in [9.17, 15) is 19.8 Å². The molecule has 0 radical (unpaired) electrons. The molecule has 8 nitrogen and oxygen atoms in total. The summed E-state index contributed by atoms with van der Waals surface area (Å²) in [5.74, 6) is 0.347. The maximum absolute atomic E-state index is 13.4. The van der Waals surface area contributed by atoms with E-state index >= 15 is 0 Å². The maximum atomic E-state index is 13.4. The molecule has 1 aromatic heterocycles. The van der Waals surface area contributed by atoms with E-state index in [4.69, 9.17) is 4.52 Å². The summed E-state index contributed by atoms with van der Waals surface area (Å²) in [7, 11) is 0. The number of nitro benzene ring substituents is 1. The molecular weight excluding hydrogens is 377 g/mol. The van der Waals surface area contributed by atoms with Gasteiger partial charge in [0.1, 0.15) is 11.9 Å². The zero-order valence-corrected chi connectivity index (χ0v) is 15.3. The Kier molecular flexibility index (Phi) is 4.91. The summed E-state index contributed by atoms with van der Waals surface area (Å²) in [4.78, 5) is 16.9. The number of piperidine rings is 1. The number of aromatic nitrogens is 2. The van der Waals surface area contributed by atoms with Crippen molar-refractivity contribution in [3.8, 4) is 17.5 Å². The van der Waals surface area contributed by atoms with Gasteiger partial charge in [-0.3, -0.25) is 10.1 Å².